The number of hydrogen-bond donors (Lipinski definition) is 1. The predicted octanol–water partition coefficient (Wildman–Crippen LogP) is 1.07. The molecule has 0 saturated heterocycles. The quantitative estimate of drug-likeness (QED) is 0.512. The Hall–Kier alpha value is -1.71. The van der Waals surface area contributed by atoms with Gasteiger partial charge in [-0.25, -0.2) is 4.79 Å². The molecule has 1 rings (SSSR count). The van der Waals surface area contributed by atoms with Crippen LogP contribution in [0.3, 0.4) is 0 Å². The van der Waals surface area contributed by atoms with Gasteiger partial charge in [0.2, 0.25) is 0 Å². The molecular formula is C9H10O4. The molecule has 0 aromatic carbocycles. The lowest BCUT2D eigenvalue weighted by Gasteiger charge is -1.97. The number of ether oxygens (including phenoxy) is 2. The number of aliphatic hydroxyl groups excluding tert-OH is 1. The first-order valence-corrected chi connectivity index (χ1v) is 3.64. The lowest BCUT2D eigenvalue weighted by Crippen LogP contribution is -2.00. The van der Waals surface area contributed by atoms with Crippen molar-refractivity contribution in [2.75, 3.05) is 14.2 Å². The van der Waals surface area contributed by atoms with Crippen LogP contribution in [0.25, 0.3) is 0 Å². The normalized spacial score (nSPS) is 18.2. The molecule has 0 aliphatic heterocycles. The summed E-state index contributed by atoms with van der Waals surface area (Å²) in [6, 6.07) is 0. The highest BCUT2D eigenvalue weighted by Gasteiger charge is 2.13. The van der Waals surface area contributed by atoms with Crippen molar-refractivity contribution < 1.29 is 19.4 Å². The number of esters is 1. The van der Waals surface area contributed by atoms with Gasteiger partial charge in [0.1, 0.15) is 0 Å². The molecule has 1 aliphatic carbocycles. The van der Waals surface area contributed by atoms with Crippen LogP contribution in [0.1, 0.15) is 0 Å². The zero-order chi connectivity index (χ0) is 9.84. The molecule has 0 atom stereocenters. The van der Waals surface area contributed by atoms with Crippen molar-refractivity contribution in [1.29, 1.82) is 0 Å². The molecule has 0 fully saturated rings. The van der Waals surface area contributed by atoms with Gasteiger partial charge in [-0.05, 0) is 18.2 Å². The first kappa shape index (κ1) is 9.38. The van der Waals surface area contributed by atoms with Gasteiger partial charge in [0.15, 0.2) is 0 Å². The number of allylic oxidation sites excluding steroid dienone is 3. The van der Waals surface area contributed by atoms with E-state index in [4.69, 9.17) is 5.11 Å². The topological polar surface area (TPSA) is 55.8 Å². The van der Waals surface area contributed by atoms with E-state index in [1.54, 1.807) is 12.2 Å². The summed E-state index contributed by atoms with van der Waals surface area (Å²) >= 11 is 0. The van der Waals surface area contributed by atoms with Gasteiger partial charge in [0.05, 0.1) is 25.4 Å². The van der Waals surface area contributed by atoms with Crippen molar-refractivity contribution in [3.8, 4) is 0 Å². The maximum atomic E-state index is 11.0. The number of rotatable bonds is 2. The third kappa shape index (κ3) is 1.90. The SMILES string of the molecule is COC(=O)C1=C/C(=C(\O)OC)C=C1. The van der Waals surface area contributed by atoms with E-state index in [9.17, 15) is 4.79 Å². The molecule has 0 bridgehead atoms. The highest BCUT2D eigenvalue weighted by atomic mass is 16.6. The minimum atomic E-state index is -0.435. The van der Waals surface area contributed by atoms with Crippen molar-refractivity contribution in [3.05, 3.63) is 35.3 Å². The van der Waals surface area contributed by atoms with Crippen molar-refractivity contribution in [1.82, 2.24) is 0 Å². The number of carbonyl (C=O) groups excluding carboxylic acids is 1. The van der Waals surface area contributed by atoms with E-state index in [1.807, 2.05) is 0 Å². The van der Waals surface area contributed by atoms with Crippen molar-refractivity contribution in [2.45, 2.75) is 0 Å². The molecule has 0 radical (unpaired) electrons. The summed E-state index contributed by atoms with van der Waals surface area (Å²) in [4.78, 5) is 11.0. The molecule has 0 heterocycles. The monoisotopic (exact) mass is 182 g/mol. The van der Waals surface area contributed by atoms with Crippen LogP contribution in [0.4, 0.5) is 0 Å². The second kappa shape index (κ2) is 3.80. The van der Waals surface area contributed by atoms with Crippen LogP contribution in [-0.4, -0.2) is 25.3 Å². The van der Waals surface area contributed by atoms with Crippen molar-refractivity contribution in [3.63, 3.8) is 0 Å². The standard InChI is InChI=1S/C9H10O4/c1-12-8(10)6-3-4-7(5-6)9(11)13-2/h3-5,10H,1-2H3/b8-6+. The molecule has 4 heteroatoms. The molecule has 0 amide bonds. The van der Waals surface area contributed by atoms with Gasteiger partial charge in [-0.15, -0.1) is 0 Å². The summed E-state index contributed by atoms with van der Waals surface area (Å²) in [7, 11) is 2.65. The first-order chi connectivity index (χ1) is 6.19. The van der Waals surface area contributed by atoms with Gasteiger partial charge in [0.25, 0.3) is 5.95 Å². The Kier molecular flexibility index (Phi) is 2.74. The van der Waals surface area contributed by atoms with E-state index in [2.05, 4.69) is 9.47 Å². The van der Waals surface area contributed by atoms with Gasteiger partial charge in [-0.1, -0.05) is 0 Å². The lowest BCUT2D eigenvalue weighted by atomic mass is 10.3. The van der Waals surface area contributed by atoms with Crippen LogP contribution >= 0.6 is 0 Å². The summed E-state index contributed by atoms with van der Waals surface area (Å²) in [6.07, 6.45) is 4.62. The number of hydrogen-bond acceptors (Lipinski definition) is 4. The minimum absolute atomic E-state index is 0.213. The van der Waals surface area contributed by atoms with E-state index in [1.165, 1.54) is 20.3 Å². The predicted molar refractivity (Wildman–Crippen MR) is 45.9 cm³/mol. The van der Waals surface area contributed by atoms with Gasteiger partial charge in [-0.2, -0.15) is 0 Å². The van der Waals surface area contributed by atoms with Crippen LogP contribution in [-0.2, 0) is 14.3 Å². The first-order valence-electron chi connectivity index (χ1n) is 3.64. The van der Waals surface area contributed by atoms with E-state index in [-0.39, 0.29) is 5.95 Å². The summed E-state index contributed by atoms with van der Waals surface area (Å²) in [5, 5.41) is 9.14. The Labute approximate surface area is 75.8 Å². The average Bonchev–Trinajstić information content (AvgIpc) is 2.64. The average molecular weight is 182 g/mol. The fourth-order valence-electron chi connectivity index (χ4n) is 0.939. The second-order valence-electron chi connectivity index (χ2n) is 2.39. The summed E-state index contributed by atoms with van der Waals surface area (Å²) in [6.45, 7) is 0. The zero-order valence-corrected chi connectivity index (χ0v) is 7.40. The summed E-state index contributed by atoms with van der Waals surface area (Å²) < 4.78 is 9.08. The fourth-order valence-corrected chi connectivity index (χ4v) is 0.939. The Bertz CT molecular complexity index is 310. The maximum absolute atomic E-state index is 11.0. The van der Waals surface area contributed by atoms with Gasteiger partial charge < -0.3 is 14.6 Å². The highest BCUT2D eigenvalue weighted by Crippen LogP contribution is 2.18. The molecule has 1 N–H and O–H groups in total. The van der Waals surface area contributed by atoms with Crippen LogP contribution < -0.4 is 0 Å². The molecule has 0 spiro atoms. The third-order valence-corrected chi connectivity index (χ3v) is 1.61. The van der Waals surface area contributed by atoms with E-state index < -0.39 is 5.97 Å². The third-order valence-electron chi connectivity index (χ3n) is 1.61. The van der Waals surface area contributed by atoms with Crippen LogP contribution in [0.15, 0.2) is 35.3 Å². The molecule has 0 aromatic heterocycles. The molecule has 1 aliphatic rings. The molecule has 70 valence electrons. The Morgan fingerprint density at radius 2 is 2.00 bits per heavy atom. The number of aliphatic hydroxyl groups is 1. The Morgan fingerprint density at radius 1 is 1.31 bits per heavy atom. The zero-order valence-electron chi connectivity index (χ0n) is 7.40. The van der Waals surface area contributed by atoms with E-state index >= 15 is 0 Å². The summed E-state index contributed by atoms with van der Waals surface area (Å²) in [5.74, 6) is -0.648. The summed E-state index contributed by atoms with van der Waals surface area (Å²) in [5.41, 5.74) is 0.851. The maximum Gasteiger partial charge on any atom is 0.337 e. The minimum Gasteiger partial charge on any atom is -0.481 e. The van der Waals surface area contributed by atoms with Gasteiger partial charge in [-0.3, -0.25) is 0 Å². The molecule has 4 nitrogen and oxygen atoms in total. The largest absolute Gasteiger partial charge is 0.481 e. The molecular weight excluding hydrogens is 172 g/mol. The van der Waals surface area contributed by atoms with Gasteiger partial charge >= 0.3 is 5.97 Å². The number of carbonyl (C=O) groups is 1. The van der Waals surface area contributed by atoms with Crippen LogP contribution in [0.2, 0.25) is 0 Å². The van der Waals surface area contributed by atoms with Crippen molar-refractivity contribution >= 4 is 5.97 Å². The molecule has 13 heavy (non-hydrogen) atoms. The smallest absolute Gasteiger partial charge is 0.337 e. The highest BCUT2D eigenvalue weighted by molar-refractivity contribution is 5.93. The molecule has 0 saturated carbocycles. The van der Waals surface area contributed by atoms with Crippen molar-refractivity contribution in [2.24, 2.45) is 0 Å². The number of methoxy groups -OCH3 is 2. The molecule has 0 aromatic rings. The fraction of sp³-hybridized carbons (Fsp3) is 0.222. The van der Waals surface area contributed by atoms with Gasteiger partial charge in [0, 0.05) is 0 Å². The Balaban J connectivity index is 2.88. The lowest BCUT2D eigenvalue weighted by molar-refractivity contribution is -0.135. The molecule has 0 unspecified atom stereocenters. The van der Waals surface area contributed by atoms with Crippen LogP contribution in [0.5, 0.6) is 0 Å². The Morgan fingerprint density at radius 3 is 2.54 bits per heavy atom. The van der Waals surface area contributed by atoms with Crippen LogP contribution in [0, 0.1) is 0 Å². The van der Waals surface area contributed by atoms with E-state index in [0.29, 0.717) is 11.1 Å². The van der Waals surface area contributed by atoms with E-state index in [0.717, 1.165) is 0 Å². The second-order valence-corrected chi connectivity index (χ2v) is 2.39.